The monoisotopic (exact) mass is 392 g/mol. The average Bonchev–Trinajstić information content (AvgIpc) is 3.26. The highest BCUT2D eigenvalue weighted by molar-refractivity contribution is 6.31. The highest BCUT2D eigenvalue weighted by atomic mass is 35.5. The van der Waals surface area contributed by atoms with Gasteiger partial charge in [-0.25, -0.2) is 18.9 Å². The number of carbonyl (C=O) groups is 2. The summed E-state index contributed by atoms with van der Waals surface area (Å²) < 4.78 is 15.8. The van der Waals surface area contributed by atoms with Crippen LogP contribution in [0.2, 0.25) is 5.02 Å². The maximum absolute atomic E-state index is 13.1. The third-order valence-electron chi connectivity index (χ3n) is 3.74. The summed E-state index contributed by atoms with van der Waals surface area (Å²) in [5.41, 5.74) is 0.625. The number of carbonyl (C=O) groups excluding carboxylic acids is 1. The zero-order chi connectivity index (χ0) is 19.6. The number of hydrogen-bond donors (Lipinski definition) is 2. The van der Waals surface area contributed by atoms with Crippen molar-refractivity contribution in [2.45, 2.75) is 19.5 Å². The molecule has 1 amide bonds. The standard InChI is InChI=1S/C16H14ClFN6O3/c1-9(24-7-11(5-20-24)15(26)27)14(25)21-16-19-8-23(22-16)6-10-2-3-12(18)4-13(10)17/h2-5,7-9H,6H2,1H3,(H,26,27)(H,21,22,25). The van der Waals surface area contributed by atoms with E-state index in [2.05, 4.69) is 20.5 Å². The van der Waals surface area contributed by atoms with Gasteiger partial charge in [-0.2, -0.15) is 5.10 Å². The van der Waals surface area contributed by atoms with E-state index in [0.29, 0.717) is 5.56 Å². The number of benzene rings is 1. The zero-order valence-corrected chi connectivity index (χ0v) is 14.8. The van der Waals surface area contributed by atoms with E-state index in [1.54, 1.807) is 6.92 Å². The van der Waals surface area contributed by atoms with Crippen LogP contribution >= 0.6 is 11.6 Å². The van der Waals surface area contributed by atoms with Crippen molar-refractivity contribution in [1.82, 2.24) is 24.5 Å². The van der Waals surface area contributed by atoms with Gasteiger partial charge in [-0.05, 0) is 24.6 Å². The van der Waals surface area contributed by atoms with E-state index in [-0.39, 0.29) is 23.1 Å². The Morgan fingerprint density at radius 3 is 2.85 bits per heavy atom. The van der Waals surface area contributed by atoms with Gasteiger partial charge in [0.25, 0.3) is 5.91 Å². The molecule has 2 aromatic heterocycles. The summed E-state index contributed by atoms with van der Waals surface area (Å²) in [7, 11) is 0. The highest BCUT2D eigenvalue weighted by Crippen LogP contribution is 2.18. The van der Waals surface area contributed by atoms with Crippen LogP contribution < -0.4 is 5.32 Å². The lowest BCUT2D eigenvalue weighted by atomic mass is 10.2. The molecule has 0 bridgehead atoms. The van der Waals surface area contributed by atoms with Gasteiger partial charge >= 0.3 is 5.97 Å². The minimum absolute atomic E-state index is 0.0202. The maximum Gasteiger partial charge on any atom is 0.338 e. The van der Waals surface area contributed by atoms with Gasteiger partial charge in [0, 0.05) is 11.2 Å². The molecule has 27 heavy (non-hydrogen) atoms. The summed E-state index contributed by atoms with van der Waals surface area (Å²) in [5, 5.41) is 19.7. The molecule has 0 saturated heterocycles. The first-order valence-corrected chi connectivity index (χ1v) is 8.13. The smallest absolute Gasteiger partial charge is 0.338 e. The lowest BCUT2D eigenvalue weighted by Gasteiger charge is -2.10. The van der Waals surface area contributed by atoms with Crippen LogP contribution in [0.5, 0.6) is 0 Å². The topological polar surface area (TPSA) is 115 Å². The number of anilines is 1. The van der Waals surface area contributed by atoms with Gasteiger partial charge in [-0.1, -0.05) is 17.7 Å². The molecule has 3 aromatic rings. The van der Waals surface area contributed by atoms with Crippen molar-refractivity contribution in [2.75, 3.05) is 5.32 Å². The van der Waals surface area contributed by atoms with E-state index in [4.69, 9.17) is 16.7 Å². The van der Waals surface area contributed by atoms with Crippen LogP contribution in [0.15, 0.2) is 36.9 Å². The van der Waals surface area contributed by atoms with Crippen molar-refractivity contribution in [2.24, 2.45) is 0 Å². The molecule has 1 unspecified atom stereocenters. The number of aromatic nitrogens is 5. The summed E-state index contributed by atoms with van der Waals surface area (Å²) in [6.45, 7) is 1.81. The van der Waals surface area contributed by atoms with Crippen molar-refractivity contribution in [1.29, 1.82) is 0 Å². The Labute approximate surface area is 157 Å². The minimum atomic E-state index is -1.13. The fraction of sp³-hybridized carbons (Fsp3) is 0.188. The Hall–Kier alpha value is -3.27. The van der Waals surface area contributed by atoms with Crippen LogP contribution in [0.25, 0.3) is 0 Å². The molecular formula is C16H14ClFN6O3. The molecule has 140 valence electrons. The molecule has 3 rings (SSSR count). The van der Waals surface area contributed by atoms with Crippen LogP contribution in [0, 0.1) is 5.82 Å². The third kappa shape index (κ3) is 4.29. The van der Waals surface area contributed by atoms with Gasteiger partial charge in [0.15, 0.2) is 0 Å². The number of halogens is 2. The Bertz CT molecular complexity index is 1000. The van der Waals surface area contributed by atoms with E-state index in [9.17, 15) is 14.0 Å². The van der Waals surface area contributed by atoms with Crippen LogP contribution in [-0.2, 0) is 11.3 Å². The van der Waals surface area contributed by atoms with E-state index in [1.165, 1.54) is 40.1 Å². The van der Waals surface area contributed by atoms with Crippen LogP contribution in [-0.4, -0.2) is 41.5 Å². The molecule has 0 aliphatic heterocycles. The van der Waals surface area contributed by atoms with Gasteiger partial charge in [0.05, 0.1) is 18.3 Å². The number of hydrogen-bond acceptors (Lipinski definition) is 5. The minimum Gasteiger partial charge on any atom is -0.478 e. The van der Waals surface area contributed by atoms with E-state index < -0.39 is 23.7 Å². The predicted molar refractivity (Wildman–Crippen MR) is 93.1 cm³/mol. The molecule has 1 aromatic carbocycles. The number of rotatable bonds is 6. The largest absolute Gasteiger partial charge is 0.478 e. The predicted octanol–water partition coefficient (Wildman–Crippen LogP) is 2.21. The summed E-state index contributed by atoms with van der Waals surface area (Å²) in [6, 6.07) is 3.26. The van der Waals surface area contributed by atoms with Crippen molar-refractivity contribution < 1.29 is 19.1 Å². The first-order valence-electron chi connectivity index (χ1n) is 7.75. The summed E-state index contributed by atoms with van der Waals surface area (Å²) >= 11 is 5.98. The van der Waals surface area contributed by atoms with Crippen molar-refractivity contribution in [3.8, 4) is 0 Å². The number of carboxylic acids is 1. The molecule has 11 heteroatoms. The van der Waals surface area contributed by atoms with Crippen LogP contribution in [0.1, 0.15) is 28.9 Å². The normalized spacial score (nSPS) is 12.0. The van der Waals surface area contributed by atoms with Crippen molar-refractivity contribution in [3.63, 3.8) is 0 Å². The summed E-state index contributed by atoms with van der Waals surface area (Å²) in [4.78, 5) is 27.2. The van der Waals surface area contributed by atoms with E-state index in [0.717, 1.165) is 6.20 Å². The van der Waals surface area contributed by atoms with Crippen molar-refractivity contribution >= 4 is 29.4 Å². The number of carboxylic acid groups (broad SMARTS) is 1. The maximum atomic E-state index is 13.1. The SMILES string of the molecule is CC(C(=O)Nc1ncn(Cc2ccc(F)cc2Cl)n1)n1cc(C(=O)O)cn1. The average molecular weight is 393 g/mol. The molecule has 0 radical (unpaired) electrons. The second-order valence-corrected chi connectivity index (χ2v) is 6.09. The first kappa shape index (κ1) is 18.5. The molecule has 2 N–H and O–H groups in total. The Balaban J connectivity index is 1.65. The highest BCUT2D eigenvalue weighted by Gasteiger charge is 2.19. The molecule has 0 fully saturated rings. The molecule has 0 aliphatic carbocycles. The van der Waals surface area contributed by atoms with Crippen LogP contribution in [0.4, 0.5) is 10.3 Å². The van der Waals surface area contributed by atoms with Gasteiger partial charge < -0.3 is 5.11 Å². The lowest BCUT2D eigenvalue weighted by molar-refractivity contribution is -0.119. The zero-order valence-electron chi connectivity index (χ0n) is 14.0. The van der Waals surface area contributed by atoms with Gasteiger partial charge in [0.1, 0.15) is 18.2 Å². The molecule has 0 spiro atoms. The van der Waals surface area contributed by atoms with Crippen LogP contribution in [0.3, 0.4) is 0 Å². The molecule has 0 aliphatic rings. The number of nitrogens with one attached hydrogen (secondary N) is 1. The second kappa shape index (κ2) is 7.54. The quantitative estimate of drug-likeness (QED) is 0.664. The lowest BCUT2D eigenvalue weighted by Crippen LogP contribution is -2.24. The van der Waals surface area contributed by atoms with Gasteiger partial charge in [-0.3, -0.25) is 14.8 Å². The Kier molecular flexibility index (Phi) is 5.17. The number of nitrogens with zero attached hydrogens (tertiary/aromatic N) is 5. The van der Waals surface area contributed by atoms with E-state index >= 15 is 0 Å². The Morgan fingerprint density at radius 2 is 2.19 bits per heavy atom. The fourth-order valence-corrected chi connectivity index (χ4v) is 2.47. The fourth-order valence-electron chi connectivity index (χ4n) is 2.25. The van der Waals surface area contributed by atoms with E-state index in [1.807, 2.05) is 0 Å². The number of amides is 1. The number of aromatic carboxylic acids is 1. The summed E-state index contributed by atoms with van der Waals surface area (Å²) in [5.74, 6) is -1.97. The molecule has 9 nitrogen and oxygen atoms in total. The second-order valence-electron chi connectivity index (χ2n) is 5.68. The molecule has 2 heterocycles. The Morgan fingerprint density at radius 1 is 1.41 bits per heavy atom. The first-order chi connectivity index (χ1) is 12.8. The summed E-state index contributed by atoms with van der Waals surface area (Å²) in [6.07, 6.45) is 3.82. The van der Waals surface area contributed by atoms with Gasteiger partial charge in [-0.15, -0.1) is 5.10 Å². The van der Waals surface area contributed by atoms with Gasteiger partial charge in [0.2, 0.25) is 5.95 Å². The van der Waals surface area contributed by atoms with Crippen molar-refractivity contribution in [3.05, 3.63) is 58.9 Å². The molecule has 1 atom stereocenters. The molecular weight excluding hydrogens is 379 g/mol. The third-order valence-corrected chi connectivity index (χ3v) is 4.10. The molecule has 0 saturated carbocycles.